The van der Waals surface area contributed by atoms with Crippen molar-refractivity contribution in [1.82, 2.24) is 20.0 Å². The van der Waals surface area contributed by atoms with E-state index in [9.17, 15) is 9.59 Å². The van der Waals surface area contributed by atoms with E-state index in [1.165, 1.54) is 0 Å². The van der Waals surface area contributed by atoms with Crippen molar-refractivity contribution >= 4 is 5.91 Å². The Balaban J connectivity index is 1.70. The second kappa shape index (κ2) is 7.43. The highest BCUT2D eigenvalue weighted by molar-refractivity contribution is 5.77. The van der Waals surface area contributed by atoms with Crippen LogP contribution in [-0.4, -0.2) is 32.5 Å². The third kappa shape index (κ3) is 3.71. The molecule has 2 aromatic heterocycles. The maximum absolute atomic E-state index is 12.8. The second-order valence-electron chi connectivity index (χ2n) is 7.28. The number of rotatable bonds is 5. The topological polar surface area (TPSA) is 92.1 Å². The molecule has 3 rings (SSSR count). The van der Waals surface area contributed by atoms with Crippen molar-refractivity contribution in [2.24, 2.45) is 0 Å². The average Bonchev–Trinajstić information content (AvgIpc) is 3.22. The first-order valence-corrected chi connectivity index (χ1v) is 9.19. The fourth-order valence-corrected chi connectivity index (χ4v) is 3.60. The van der Waals surface area contributed by atoms with Gasteiger partial charge in [0.05, 0.1) is 6.04 Å². The molecule has 1 saturated heterocycles. The van der Waals surface area contributed by atoms with Gasteiger partial charge >= 0.3 is 5.69 Å². The zero-order valence-corrected chi connectivity index (χ0v) is 15.8. The van der Waals surface area contributed by atoms with Crippen LogP contribution in [0.5, 0.6) is 0 Å². The highest BCUT2D eigenvalue weighted by Gasteiger charge is 2.32. The lowest BCUT2D eigenvalue weighted by molar-refractivity contribution is -0.132. The van der Waals surface area contributed by atoms with Gasteiger partial charge in [0.25, 0.3) is 0 Å². The third-order valence-electron chi connectivity index (χ3n) is 5.07. The Morgan fingerprint density at radius 1 is 1.42 bits per heavy atom. The Morgan fingerprint density at radius 2 is 2.19 bits per heavy atom. The number of hydrogen-bond donors (Lipinski definition) is 1. The van der Waals surface area contributed by atoms with E-state index in [2.05, 4.69) is 29.0 Å². The zero-order chi connectivity index (χ0) is 18.8. The summed E-state index contributed by atoms with van der Waals surface area (Å²) >= 11 is 0. The molecule has 1 fully saturated rings. The minimum atomic E-state index is -0.346. The van der Waals surface area contributed by atoms with E-state index in [-0.39, 0.29) is 23.6 Å². The highest BCUT2D eigenvalue weighted by Crippen LogP contribution is 2.33. The van der Waals surface area contributed by atoms with E-state index < -0.39 is 0 Å². The number of likely N-dealkylation sites (tertiary alicyclic amines) is 1. The normalized spacial score (nSPS) is 17.3. The number of hydrogen-bond acceptors (Lipinski definition) is 5. The van der Waals surface area contributed by atoms with Crippen molar-refractivity contribution in [3.63, 3.8) is 0 Å². The van der Waals surface area contributed by atoms with E-state index in [4.69, 9.17) is 4.52 Å². The zero-order valence-electron chi connectivity index (χ0n) is 15.8. The van der Waals surface area contributed by atoms with E-state index in [0.717, 1.165) is 42.1 Å². The lowest BCUT2D eigenvalue weighted by Gasteiger charge is -2.23. The van der Waals surface area contributed by atoms with Crippen LogP contribution in [0.2, 0.25) is 0 Å². The summed E-state index contributed by atoms with van der Waals surface area (Å²) < 4.78 is 5.41. The number of nitrogens with one attached hydrogen (secondary N) is 1. The van der Waals surface area contributed by atoms with Crippen LogP contribution in [0.25, 0.3) is 0 Å². The molecule has 0 aliphatic carbocycles. The van der Waals surface area contributed by atoms with Gasteiger partial charge in [-0.25, -0.2) is 4.79 Å². The summed E-state index contributed by atoms with van der Waals surface area (Å²) in [6, 6.07) is 1.97. The van der Waals surface area contributed by atoms with Gasteiger partial charge in [0.15, 0.2) is 0 Å². The van der Waals surface area contributed by atoms with E-state index in [1.54, 1.807) is 0 Å². The van der Waals surface area contributed by atoms with Crippen molar-refractivity contribution < 1.29 is 9.32 Å². The number of carbonyl (C=O) groups is 1. The Bertz CT molecular complexity index is 826. The number of aromatic nitrogens is 3. The molecule has 1 aliphatic rings. The molecule has 1 N–H and O–H groups in total. The van der Waals surface area contributed by atoms with E-state index >= 15 is 0 Å². The predicted molar refractivity (Wildman–Crippen MR) is 96.9 cm³/mol. The minimum absolute atomic E-state index is 0.00495. The van der Waals surface area contributed by atoms with Crippen molar-refractivity contribution in [3.05, 3.63) is 45.0 Å². The molecule has 0 spiro atoms. The largest absolute Gasteiger partial charge is 0.361 e. The average molecular weight is 358 g/mol. The van der Waals surface area contributed by atoms with Crippen LogP contribution in [0.3, 0.4) is 0 Å². The van der Waals surface area contributed by atoms with Crippen molar-refractivity contribution in [2.45, 2.75) is 65.3 Å². The molecule has 0 aromatic carbocycles. The van der Waals surface area contributed by atoms with Crippen LogP contribution in [0.4, 0.5) is 0 Å². The Labute approximate surface area is 152 Å². The molecule has 0 bridgehead atoms. The molecule has 2 aromatic rings. The third-order valence-corrected chi connectivity index (χ3v) is 5.07. The second-order valence-corrected chi connectivity index (χ2v) is 7.28. The molecule has 0 radical (unpaired) electrons. The number of aryl methyl sites for hydroxylation is 2. The van der Waals surface area contributed by atoms with Gasteiger partial charge in [-0.05, 0) is 38.7 Å². The van der Waals surface area contributed by atoms with Crippen LogP contribution >= 0.6 is 0 Å². The molecule has 3 heterocycles. The number of amides is 1. The van der Waals surface area contributed by atoms with Crippen LogP contribution in [-0.2, 0) is 11.2 Å². The number of carbonyl (C=O) groups excluding carboxylic acids is 1. The molecule has 1 amide bonds. The van der Waals surface area contributed by atoms with Gasteiger partial charge in [0.1, 0.15) is 11.5 Å². The van der Waals surface area contributed by atoms with Gasteiger partial charge in [-0.15, -0.1) is 0 Å². The molecule has 7 nitrogen and oxygen atoms in total. The predicted octanol–water partition coefficient (Wildman–Crippen LogP) is 2.79. The number of nitrogens with zero attached hydrogens (tertiary/aromatic N) is 3. The molecule has 1 atom stereocenters. The lowest BCUT2D eigenvalue weighted by atomic mass is 10.1. The highest BCUT2D eigenvalue weighted by atomic mass is 16.5. The van der Waals surface area contributed by atoms with Crippen molar-refractivity contribution in [2.75, 3.05) is 6.54 Å². The summed E-state index contributed by atoms with van der Waals surface area (Å²) in [7, 11) is 0. The van der Waals surface area contributed by atoms with Gasteiger partial charge in [0, 0.05) is 36.3 Å². The smallest absolute Gasteiger partial charge is 0.345 e. The fraction of sp³-hybridized carbons (Fsp3) is 0.579. The molecule has 0 saturated carbocycles. The maximum atomic E-state index is 12.8. The summed E-state index contributed by atoms with van der Waals surface area (Å²) in [6.07, 6.45) is 2.84. The van der Waals surface area contributed by atoms with Crippen molar-refractivity contribution in [1.29, 1.82) is 0 Å². The van der Waals surface area contributed by atoms with Crippen LogP contribution in [0.15, 0.2) is 15.4 Å². The quantitative estimate of drug-likeness (QED) is 0.887. The summed E-state index contributed by atoms with van der Waals surface area (Å²) in [4.78, 5) is 32.8. The Kier molecular flexibility index (Phi) is 5.25. The fourth-order valence-electron chi connectivity index (χ4n) is 3.60. The van der Waals surface area contributed by atoms with Crippen molar-refractivity contribution in [3.8, 4) is 0 Å². The SMILES string of the molecule is Cc1nc(=O)[nH]c(C)c1CCC(=O)N1CCCC1c1cc(C(C)C)on1. The first-order valence-electron chi connectivity index (χ1n) is 9.19. The number of aromatic amines is 1. The molecular formula is C19H26N4O3. The van der Waals surface area contributed by atoms with E-state index in [0.29, 0.717) is 18.5 Å². The minimum Gasteiger partial charge on any atom is -0.361 e. The number of H-pyrrole nitrogens is 1. The summed E-state index contributed by atoms with van der Waals surface area (Å²) in [5, 5.41) is 4.19. The summed E-state index contributed by atoms with van der Waals surface area (Å²) in [6.45, 7) is 8.52. The first-order chi connectivity index (χ1) is 12.4. The Morgan fingerprint density at radius 3 is 2.85 bits per heavy atom. The molecular weight excluding hydrogens is 332 g/mol. The van der Waals surface area contributed by atoms with Gasteiger partial charge < -0.3 is 14.4 Å². The molecule has 7 heteroatoms. The van der Waals surface area contributed by atoms with E-state index in [1.807, 2.05) is 24.8 Å². The first kappa shape index (κ1) is 18.4. The maximum Gasteiger partial charge on any atom is 0.345 e. The lowest BCUT2D eigenvalue weighted by Crippen LogP contribution is -2.31. The Hall–Kier alpha value is -2.44. The molecule has 1 aliphatic heterocycles. The van der Waals surface area contributed by atoms with Crippen LogP contribution in [0.1, 0.15) is 73.5 Å². The molecule has 1 unspecified atom stereocenters. The van der Waals surface area contributed by atoms with Crippen LogP contribution < -0.4 is 5.69 Å². The molecule has 140 valence electrons. The summed E-state index contributed by atoms with van der Waals surface area (Å²) in [5.74, 6) is 1.23. The monoisotopic (exact) mass is 358 g/mol. The van der Waals surface area contributed by atoms with Gasteiger partial charge in [-0.3, -0.25) is 4.79 Å². The standard InChI is InChI=1S/C19H26N4O3/c1-11(2)17-10-15(22-26-17)16-6-5-9-23(16)18(24)8-7-14-12(3)20-19(25)21-13(14)4/h10-11,16H,5-9H2,1-4H3,(H,20,21,25). The summed E-state index contributed by atoms with van der Waals surface area (Å²) in [5.41, 5.74) is 2.91. The van der Waals surface area contributed by atoms with Gasteiger partial charge in [-0.1, -0.05) is 19.0 Å². The van der Waals surface area contributed by atoms with Gasteiger partial charge in [0.2, 0.25) is 5.91 Å². The van der Waals surface area contributed by atoms with Gasteiger partial charge in [-0.2, -0.15) is 4.98 Å². The van der Waals surface area contributed by atoms with Crippen LogP contribution in [0, 0.1) is 13.8 Å². The molecule has 26 heavy (non-hydrogen) atoms.